The Bertz CT molecular complexity index is 728. The Morgan fingerprint density at radius 1 is 1.19 bits per heavy atom. The minimum Gasteiger partial charge on any atom is -0.495 e. The molecule has 1 aromatic heterocycles. The molecule has 6 heteroatoms. The minimum absolute atomic E-state index is 0.0149. The van der Waals surface area contributed by atoms with Gasteiger partial charge in [-0.15, -0.1) is 0 Å². The molecule has 0 aliphatic carbocycles. The van der Waals surface area contributed by atoms with Crippen LogP contribution < -0.4 is 15.0 Å². The van der Waals surface area contributed by atoms with E-state index in [1.807, 2.05) is 49.5 Å². The van der Waals surface area contributed by atoms with Crippen LogP contribution in [0.25, 0.3) is 0 Å². The highest BCUT2D eigenvalue weighted by molar-refractivity contribution is 5.92. The van der Waals surface area contributed by atoms with Gasteiger partial charge in [0.2, 0.25) is 5.91 Å². The van der Waals surface area contributed by atoms with Crippen LogP contribution in [0.3, 0.4) is 0 Å². The second-order valence-corrected chi connectivity index (χ2v) is 6.52. The monoisotopic (exact) mass is 354 g/mol. The number of aromatic nitrogens is 1. The average Bonchev–Trinajstić information content (AvgIpc) is 2.68. The summed E-state index contributed by atoms with van der Waals surface area (Å²) in [6.07, 6.45) is 2.30. The highest BCUT2D eigenvalue weighted by Crippen LogP contribution is 2.25. The molecule has 0 radical (unpaired) electrons. The molecule has 138 valence electrons. The fourth-order valence-corrected chi connectivity index (χ4v) is 3.13. The molecule has 0 atom stereocenters. The zero-order valence-electron chi connectivity index (χ0n) is 15.4. The van der Waals surface area contributed by atoms with Crippen molar-refractivity contribution in [3.05, 3.63) is 48.2 Å². The SMILES string of the molecule is COc1ccc(C)cc1NC(=O)CCN1CCN(c2ccccn2)CC1. The molecule has 0 bridgehead atoms. The van der Waals surface area contributed by atoms with Crippen LogP contribution in [0.15, 0.2) is 42.6 Å². The lowest BCUT2D eigenvalue weighted by Crippen LogP contribution is -2.47. The van der Waals surface area contributed by atoms with E-state index in [0.29, 0.717) is 12.2 Å². The third-order valence-electron chi connectivity index (χ3n) is 4.63. The van der Waals surface area contributed by atoms with Gasteiger partial charge in [-0.3, -0.25) is 9.69 Å². The van der Waals surface area contributed by atoms with Crippen molar-refractivity contribution in [1.29, 1.82) is 0 Å². The van der Waals surface area contributed by atoms with Gasteiger partial charge in [0.1, 0.15) is 11.6 Å². The molecule has 6 nitrogen and oxygen atoms in total. The molecule has 2 heterocycles. The highest BCUT2D eigenvalue weighted by atomic mass is 16.5. The molecule has 1 aliphatic rings. The number of ether oxygens (including phenoxy) is 1. The summed E-state index contributed by atoms with van der Waals surface area (Å²) in [7, 11) is 1.61. The summed E-state index contributed by atoms with van der Waals surface area (Å²) < 4.78 is 5.31. The van der Waals surface area contributed by atoms with Crippen molar-refractivity contribution in [2.45, 2.75) is 13.3 Å². The molecule has 1 aromatic carbocycles. The Morgan fingerprint density at radius 2 is 2.00 bits per heavy atom. The normalized spacial score (nSPS) is 14.9. The van der Waals surface area contributed by atoms with Crippen LogP contribution in [-0.4, -0.2) is 55.6 Å². The van der Waals surface area contributed by atoms with E-state index in [0.717, 1.165) is 49.8 Å². The quantitative estimate of drug-likeness (QED) is 0.864. The van der Waals surface area contributed by atoms with Crippen molar-refractivity contribution in [3.8, 4) is 5.75 Å². The Labute approximate surface area is 154 Å². The maximum atomic E-state index is 12.3. The number of pyridine rings is 1. The molecule has 26 heavy (non-hydrogen) atoms. The first-order valence-electron chi connectivity index (χ1n) is 8.98. The number of nitrogens with one attached hydrogen (secondary N) is 1. The van der Waals surface area contributed by atoms with E-state index in [9.17, 15) is 4.79 Å². The number of aryl methyl sites for hydroxylation is 1. The highest BCUT2D eigenvalue weighted by Gasteiger charge is 2.18. The van der Waals surface area contributed by atoms with Gasteiger partial charge in [0.05, 0.1) is 12.8 Å². The number of rotatable bonds is 6. The lowest BCUT2D eigenvalue weighted by atomic mass is 10.2. The van der Waals surface area contributed by atoms with E-state index in [-0.39, 0.29) is 5.91 Å². The Kier molecular flexibility index (Phi) is 6.07. The molecule has 1 N–H and O–H groups in total. The Morgan fingerprint density at radius 3 is 2.69 bits per heavy atom. The lowest BCUT2D eigenvalue weighted by molar-refractivity contribution is -0.116. The van der Waals surface area contributed by atoms with Crippen molar-refractivity contribution >= 4 is 17.4 Å². The van der Waals surface area contributed by atoms with E-state index >= 15 is 0 Å². The van der Waals surface area contributed by atoms with Crippen LogP contribution in [0.1, 0.15) is 12.0 Å². The number of anilines is 2. The second kappa shape index (κ2) is 8.67. The maximum Gasteiger partial charge on any atom is 0.225 e. The van der Waals surface area contributed by atoms with Gasteiger partial charge in [0.25, 0.3) is 0 Å². The molecule has 3 rings (SSSR count). The average molecular weight is 354 g/mol. The van der Waals surface area contributed by atoms with E-state index in [4.69, 9.17) is 4.74 Å². The molecular weight excluding hydrogens is 328 g/mol. The van der Waals surface area contributed by atoms with Crippen LogP contribution >= 0.6 is 0 Å². The topological polar surface area (TPSA) is 57.7 Å². The number of piperazine rings is 1. The number of amides is 1. The summed E-state index contributed by atoms with van der Waals surface area (Å²) in [5, 5.41) is 2.97. The number of hydrogen-bond acceptors (Lipinski definition) is 5. The van der Waals surface area contributed by atoms with Crippen molar-refractivity contribution in [2.75, 3.05) is 50.1 Å². The molecular formula is C20H26N4O2. The van der Waals surface area contributed by atoms with Crippen LogP contribution in [0.5, 0.6) is 5.75 Å². The van der Waals surface area contributed by atoms with Crippen molar-refractivity contribution in [3.63, 3.8) is 0 Å². The summed E-state index contributed by atoms with van der Waals surface area (Å²) in [4.78, 5) is 21.3. The van der Waals surface area contributed by atoms with Gasteiger partial charge in [0.15, 0.2) is 0 Å². The third kappa shape index (κ3) is 4.73. The largest absolute Gasteiger partial charge is 0.495 e. The van der Waals surface area contributed by atoms with Crippen LogP contribution in [0.2, 0.25) is 0 Å². The van der Waals surface area contributed by atoms with Crippen LogP contribution in [0.4, 0.5) is 11.5 Å². The summed E-state index contributed by atoms with van der Waals surface area (Å²) in [6.45, 7) is 6.51. The standard InChI is InChI=1S/C20H26N4O2/c1-16-6-7-18(26-2)17(15-16)22-20(25)8-10-23-11-13-24(14-12-23)19-5-3-4-9-21-19/h3-7,9,15H,8,10-14H2,1-2H3,(H,22,25). The van der Waals surface area contributed by atoms with Gasteiger partial charge in [-0.2, -0.15) is 0 Å². The lowest BCUT2D eigenvalue weighted by Gasteiger charge is -2.35. The first kappa shape index (κ1) is 18.2. The molecule has 1 fully saturated rings. The number of methoxy groups -OCH3 is 1. The molecule has 1 saturated heterocycles. The Balaban J connectivity index is 1.45. The van der Waals surface area contributed by atoms with Crippen molar-refractivity contribution < 1.29 is 9.53 Å². The number of hydrogen-bond donors (Lipinski definition) is 1. The number of benzene rings is 1. The van der Waals surface area contributed by atoms with E-state index in [1.54, 1.807) is 7.11 Å². The number of carbonyl (C=O) groups is 1. The van der Waals surface area contributed by atoms with Gasteiger partial charge in [-0.1, -0.05) is 12.1 Å². The summed E-state index contributed by atoms with van der Waals surface area (Å²) in [5.41, 5.74) is 1.82. The molecule has 1 aliphatic heterocycles. The number of nitrogens with zero attached hydrogens (tertiary/aromatic N) is 3. The van der Waals surface area contributed by atoms with Gasteiger partial charge in [-0.05, 0) is 36.8 Å². The van der Waals surface area contributed by atoms with Crippen molar-refractivity contribution in [2.24, 2.45) is 0 Å². The first-order valence-corrected chi connectivity index (χ1v) is 8.98. The van der Waals surface area contributed by atoms with Gasteiger partial charge < -0.3 is 15.0 Å². The predicted molar refractivity (Wildman–Crippen MR) is 104 cm³/mol. The minimum atomic E-state index is 0.0149. The number of carbonyl (C=O) groups excluding carboxylic acids is 1. The fraction of sp³-hybridized carbons (Fsp3) is 0.400. The fourth-order valence-electron chi connectivity index (χ4n) is 3.13. The first-order chi connectivity index (χ1) is 12.7. The molecule has 2 aromatic rings. The summed E-state index contributed by atoms with van der Waals surface area (Å²) >= 11 is 0. The zero-order valence-corrected chi connectivity index (χ0v) is 15.4. The molecule has 0 spiro atoms. The maximum absolute atomic E-state index is 12.3. The Hall–Kier alpha value is -2.60. The zero-order chi connectivity index (χ0) is 18.4. The van der Waals surface area contributed by atoms with E-state index in [1.165, 1.54) is 0 Å². The van der Waals surface area contributed by atoms with Crippen LogP contribution in [0, 0.1) is 6.92 Å². The van der Waals surface area contributed by atoms with E-state index < -0.39 is 0 Å². The molecule has 0 saturated carbocycles. The van der Waals surface area contributed by atoms with E-state index in [2.05, 4.69) is 20.1 Å². The summed E-state index contributed by atoms with van der Waals surface area (Å²) in [5.74, 6) is 1.73. The summed E-state index contributed by atoms with van der Waals surface area (Å²) in [6, 6.07) is 11.8. The molecule has 1 amide bonds. The van der Waals surface area contributed by atoms with Gasteiger partial charge in [0, 0.05) is 45.3 Å². The van der Waals surface area contributed by atoms with Crippen LogP contribution in [-0.2, 0) is 4.79 Å². The third-order valence-corrected chi connectivity index (χ3v) is 4.63. The second-order valence-electron chi connectivity index (χ2n) is 6.52. The molecule has 0 unspecified atom stereocenters. The predicted octanol–water partition coefficient (Wildman–Crippen LogP) is 2.55. The smallest absolute Gasteiger partial charge is 0.225 e. The van der Waals surface area contributed by atoms with Gasteiger partial charge >= 0.3 is 0 Å². The van der Waals surface area contributed by atoms with Crippen molar-refractivity contribution in [1.82, 2.24) is 9.88 Å². The van der Waals surface area contributed by atoms with Gasteiger partial charge in [-0.25, -0.2) is 4.98 Å².